The minimum Gasteiger partial charge on any atom is -0.385 e. The van der Waals surface area contributed by atoms with Gasteiger partial charge in [0.15, 0.2) is 0 Å². The molecule has 1 heterocycles. The summed E-state index contributed by atoms with van der Waals surface area (Å²) in [4.78, 5) is 3.97. The molecule has 0 radical (unpaired) electrons. The van der Waals surface area contributed by atoms with Crippen LogP contribution in [0.3, 0.4) is 0 Å². The van der Waals surface area contributed by atoms with Crippen LogP contribution in [0.5, 0.6) is 0 Å². The third kappa shape index (κ3) is 1.56. The molecule has 0 atom stereocenters. The van der Waals surface area contributed by atoms with Crippen LogP contribution in [0.1, 0.15) is 12.5 Å². The van der Waals surface area contributed by atoms with Gasteiger partial charge in [-0.1, -0.05) is 12.2 Å². The minimum absolute atomic E-state index is 0.535. The maximum Gasteiger partial charge on any atom is 0.147 e. The fourth-order valence-electron chi connectivity index (χ4n) is 1.08. The fraction of sp³-hybridized carbons (Fsp3) is 0.222. The quantitative estimate of drug-likeness (QED) is 0.698. The van der Waals surface area contributed by atoms with E-state index in [-0.39, 0.29) is 0 Å². The number of hydrogen-bond acceptors (Lipinski definition) is 3. The average molecular weight is 163 g/mol. The van der Waals surface area contributed by atoms with Crippen LogP contribution in [-0.4, -0.2) is 12.0 Å². The number of nitrogens with zero attached hydrogens (tertiary/aromatic N) is 1. The zero-order chi connectivity index (χ0) is 8.97. The number of rotatable bonds is 2. The van der Waals surface area contributed by atoms with Gasteiger partial charge in [-0.05, 0) is 13.0 Å². The molecule has 3 heteroatoms. The zero-order valence-corrected chi connectivity index (χ0v) is 7.33. The van der Waals surface area contributed by atoms with Crippen molar-refractivity contribution in [1.82, 2.24) is 4.98 Å². The molecular formula is C9H13N3. The van der Waals surface area contributed by atoms with Crippen LogP contribution in [0.4, 0.5) is 11.5 Å². The van der Waals surface area contributed by atoms with E-state index < -0.39 is 0 Å². The summed E-state index contributed by atoms with van der Waals surface area (Å²) < 4.78 is 0. The highest BCUT2D eigenvalue weighted by atomic mass is 14.9. The molecule has 0 unspecified atom stereocenters. The van der Waals surface area contributed by atoms with Crippen molar-refractivity contribution in [2.75, 3.05) is 18.1 Å². The van der Waals surface area contributed by atoms with E-state index in [9.17, 15) is 0 Å². The van der Waals surface area contributed by atoms with Crippen LogP contribution in [0.2, 0.25) is 0 Å². The molecule has 3 nitrogen and oxygen atoms in total. The molecule has 0 aliphatic heterocycles. The number of hydrogen-bond donors (Lipinski definition) is 2. The second-order valence-corrected chi connectivity index (χ2v) is 2.41. The first-order chi connectivity index (χ1) is 5.79. The van der Waals surface area contributed by atoms with Crippen LogP contribution >= 0.6 is 0 Å². The molecule has 0 spiro atoms. The molecule has 0 aliphatic carbocycles. The third-order valence-electron chi connectivity index (χ3n) is 1.61. The second kappa shape index (κ2) is 3.76. The van der Waals surface area contributed by atoms with Gasteiger partial charge in [-0.15, -0.1) is 0 Å². The van der Waals surface area contributed by atoms with E-state index >= 15 is 0 Å². The Bertz CT molecular complexity index is 292. The molecule has 64 valence electrons. The molecule has 1 rings (SSSR count). The summed E-state index contributed by atoms with van der Waals surface area (Å²) in [5.41, 5.74) is 7.60. The summed E-state index contributed by atoms with van der Waals surface area (Å²) in [5.74, 6) is 0.535. The van der Waals surface area contributed by atoms with E-state index in [0.29, 0.717) is 5.82 Å². The molecule has 0 aliphatic rings. The van der Waals surface area contributed by atoms with Crippen LogP contribution in [0.15, 0.2) is 18.3 Å². The number of nitrogen functional groups attached to an aromatic ring is 1. The van der Waals surface area contributed by atoms with E-state index in [1.54, 1.807) is 6.20 Å². The highest BCUT2D eigenvalue weighted by Crippen LogP contribution is 2.21. The van der Waals surface area contributed by atoms with Crippen molar-refractivity contribution in [3.05, 3.63) is 23.9 Å². The van der Waals surface area contributed by atoms with Gasteiger partial charge in [-0.25, -0.2) is 4.98 Å². The molecule has 0 bridgehead atoms. The minimum atomic E-state index is 0.535. The van der Waals surface area contributed by atoms with Crippen LogP contribution < -0.4 is 11.1 Å². The predicted molar refractivity (Wildman–Crippen MR) is 52.9 cm³/mol. The lowest BCUT2D eigenvalue weighted by atomic mass is 10.2. The Hall–Kier alpha value is -1.51. The van der Waals surface area contributed by atoms with Gasteiger partial charge in [-0.3, -0.25) is 0 Å². The lowest BCUT2D eigenvalue weighted by molar-refractivity contribution is 1.31. The number of nitrogens with one attached hydrogen (secondary N) is 1. The molecule has 1 aromatic rings. The van der Waals surface area contributed by atoms with E-state index in [1.807, 2.05) is 32.2 Å². The highest BCUT2D eigenvalue weighted by Gasteiger charge is 2.00. The first-order valence-corrected chi connectivity index (χ1v) is 3.84. The Morgan fingerprint density at radius 3 is 2.92 bits per heavy atom. The Balaban J connectivity index is 3.18. The van der Waals surface area contributed by atoms with Crippen LogP contribution in [-0.2, 0) is 0 Å². The van der Waals surface area contributed by atoms with E-state index in [0.717, 1.165) is 11.3 Å². The number of allylic oxidation sites excluding steroid dienone is 1. The van der Waals surface area contributed by atoms with Gasteiger partial charge in [0, 0.05) is 18.8 Å². The normalized spacial score (nSPS) is 10.5. The largest absolute Gasteiger partial charge is 0.385 e. The molecule has 12 heavy (non-hydrogen) atoms. The van der Waals surface area contributed by atoms with Gasteiger partial charge in [-0.2, -0.15) is 0 Å². The Morgan fingerprint density at radius 1 is 1.58 bits per heavy atom. The van der Waals surface area contributed by atoms with Crippen molar-refractivity contribution in [1.29, 1.82) is 0 Å². The summed E-state index contributed by atoms with van der Waals surface area (Å²) in [5, 5.41) is 3.01. The Labute approximate surface area is 72.3 Å². The van der Waals surface area contributed by atoms with Gasteiger partial charge >= 0.3 is 0 Å². The maximum absolute atomic E-state index is 5.65. The molecule has 0 saturated heterocycles. The Kier molecular flexibility index (Phi) is 2.69. The van der Waals surface area contributed by atoms with Crippen LogP contribution in [0.25, 0.3) is 6.08 Å². The third-order valence-corrected chi connectivity index (χ3v) is 1.61. The first kappa shape index (κ1) is 8.59. The van der Waals surface area contributed by atoms with Gasteiger partial charge in [0.25, 0.3) is 0 Å². The standard InChI is InChI=1S/C9H13N3/c1-3-4-7-5-6-12-9(10)8(7)11-2/h3-6,11H,1-2H3,(H2,10,12)/b4-3+. The topological polar surface area (TPSA) is 50.9 Å². The van der Waals surface area contributed by atoms with E-state index in [1.165, 1.54) is 0 Å². The van der Waals surface area contributed by atoms with E-state index in [2.05, 4.69) is 10.3 Å². The van der Waals surface area contributed by atoms with Crippen molar-refractivity contribution in [3.8, 4) is 0 Å². The zero-order valence-electron chi connectivity index (χ0n) is 7.33. The van der Waals surface area contributed by atoms with Crippen molar-refractivity contribution >= 4 is 17.6 Å². The van der Waals surface area contributed by atoms with Crippen molar-refractivity contribution in [2.45, 2.75) is 6.92 Å². The monoisotopic (exact) mass is 163 g/mol. The summed E-state index contributed by atoms with van der Waals surface area (Å²) in [6.07, 6.45) is 5.66. The number of aromatic nitrogens is 1. The van der Waals surface area contributed by atoms with E-state index in [4.69, 9.17) is 5.73 Å². The molecule has 0 amide bonds. The SMILES string of the molecule is C/C=C/c1ccnc(N)c1NC. The predicted octanol–water partition coefficient (Wildman–Crippen LogP) is 1.74. The van der Waals surface area contributed by atoms with Gasteiger partial charge in [0.1, 0.15) is 5.82 Å². The average Bonchev–Trinajstić information content (AvgIpc) is 2.05. The van der Waals surface area contributed by atoms with Crippen molar-refractivity contribution in [2.24, 2.45) is 0 Å². The first-order valence-electron chi connectivity index (χ1n) is 3.84. The summed E-state index contributed by atoms with van der Waals surface area (Å²) in [6, 6.07) is 1.92. The molecule has 3 N–H and O–H groups in total. The molecule has 1 aromatic heterocycles. The molecular weight excluding hydrogens is 150 g/mol. The number of pyridine rings is 1. The number of nitrogens with two attached hydrogens (primary N) is 1. The Morgan fingerprint density at radius 2 is 2.33 bits per heavy atom. The molecule has 0 saturated carbocycles. The summed E-state index contributed by atoms with van der Waals surface area (Å²) in [7, 11) is 1.83. The highest BCUT2D eigenvalue weighted by molar-refractivity contribution is 5.74. The summed E-state index contributed by atoms with van der Waals surface area (Å²) >= 11 is 0. The molecule has 0 aromatic carbocycles. The van der Waals surface area contributed by atoms with Crippen molar-refractivity contribution in [3.63, 3.8) is 0 Å². The smallest absolute Gasteiger partial charge is 0.147 e. The van der Waals surface area contributed by atoms with Crippen LogP contribution in [0, 0.1) is 0 Å². The lowest BCUT2D eigenvalue weighted by Gasteiger charge is -2.06. The second-order valence-electron chi connectivity index (χ2n) is 2.41. The maximum atomic E-state index is 5.65. The van der Waals surface area contributed by atoms with Gasteiger partial charge < -0.3 is 11.1 Å². The molecule has 0 fully saturated rings. The van der Waals surface area contributed by atoms with Gasteiger partial charge in [0.05, 0.1) is 5.69 Å². The lowest BCUT2D eigenvalue weighted by Crippen LogP contribution is -1.99. The fourth-order valence-corrected chi connectivity index (χ4v) is 1.08. The number of anilines is 2. The van der Waals surface area contributed by atoms with Crippen molar-refractivity contribution < 1.29 is 0 Å². The van der Waals surface area contributed by atoms with Gasteiger partial charge in [0.2, 0.25) is 0 Å². The summed E-state index contributed by atoms with van der Waals surface area (Å²) in [6.45, 7) is 1.97.